The van der Waals surface area contributed by atoms with Crippen molar-refractivity contribution in [3.05, 3.63) is 88.4 Å². The van der Waals surface area contributed by atoms with Gasteiger partial charge < -0.3 is 10.1 Å². The number of hydrogen-bond donors (Lipinski definition) is 1. The number of aryl methyl sites for hydroxylation is 1. The molecule has 0 radical (unpaired) electrons. The molecule has 4 rings (SSSR count). The Balaban J connectivity index is 1.85. The summed E-state index contributed by atoms with van der Waals surface area (Å²) < 4.78 is 5.25. The van der Waals surface area contributed by atoms with Gasteiger partial charge in [-0.25, -0.2) is 9.98 Å². The summed E-state index contributed by atoms with van der Waals surface area (Å²) in [4.78, 5) is 9.58. The number of methoxy groups -OCH3 is 1. The number of fused-ring (bicyclic) bond motifs is 1. The van der Waals surface area contributed by atoms with Crippen molar-refractivity contribution in [3.8, 4) is 5.75 Å². The highest BCUT2D eigenvalue weighted by Crippen LogP contribution is 2.32. The molecule has 1 heterocycles. The average molecular weight is 376 g/mol. The molecule has 0 fully saturated rings. The molecule has 0 aliphatic carbocycles. The predicted octanol–water partition coefficient (Wildman–Crippen LogP) is 5.61. The van der Waals surface area contributed by atoms with Crippen molar-refractivity contribution in [2.45, 2.75) is 6.92 Å². The van der Waals surface area contributed by atoms with Crippen LogP contribution in [-0.2, 0) is 0 Å². The van der Waals surface area contributed by atoms with Gasteiger partial charge in [-0.2, -0.15) is 0 Å². The van der Waals surface area contributed by atoms with Crippen LogP contribution in [0.5, 0.6) is 5.75 Å². The van der Waals surface area contributed by atoms with Gasteiger partial charge in [0.25, 0.3) is 0 Å². The van der Waals surface area contributed by atoms with Crippen LogP contribution < -0.4 is 10.1 Å². The quantitative estimate of drug-likeness (QED) is 0.646. The van der Waals surface area contributed by atoms with Crippen molar-refractivity contribution >= 4 is 34.6 Å². The van der Waals surface area contributed by atoms with Crippen molar-refractivity contribution < 1.29 is 4.74 Å². The topological polar surface area (TPSA) is 46.0 Å². The summed E-state index contributed by atoms with van der Waals surface area (Å²) in [5.74, 6) is 2.15. The van der Waals surface area contributed by atoms with Crippen LogP contribution in [-0.4, -0.2) is 18.8 Å². The van der Waals surface area contributed by atoms with Gasteiger partial charge in [0.05, 0.1) is 18.5 Å². The largest absolute Gasteiger partial charge is 0.497 e. The normalized spacial score (nSPS) is 13.0. The number of rotatable bonds is 3. The van der Waals surface area contributed by atoms with Crippen LogP contribution in [0.15, 0.2) is 76.7 Å². The summed E-state index contributed by atoms with van der Waals surface area (Å²) >= 11 is 6.19. The molecule has 0 unspecified atom stereocenters. The van der Waals surface area contributed by atoms with E-state index in [0.29, 0.717) is 10.9 Å². The number of anilines is 1. The van der Waals surface area contributed by atoms with Crippen molar-refractivity contribution in [3.63, 3.8) is 0 Å². The van der Waals surface area contributed by atoms with E-state index in [2.05, 4.69) is 24.4 Å². The van der Waals surface area contributed by atoms with Gasteiger partial charge in [-0.05, 0) is 49.4 Å². The Labute approximate surface area is 163 Å². The Kier molecular flexibility index (Phi) is 4.65. The summed E-state index contributed by atoms with van der Waals surface area (Å²) in [6.45, 7) is 2.06. The summed E-state index contributed by atoms with van der Waals surface area (Å²) in [5, 5.41) is 4.03. The van der Waals surface area contributed by atoms with Crippen molar-refractivity contribution in [2.24, 2.45) is 9.98 Å². The minimum absolute atomic E-state index is 0.627. The zero-order valence-corrected chi connectivity index (χ0v) is 15.8. The van der Waals surface area contributed by atoms with E-state index in [4.69, 9.17) is 26.3 Å². The molecule has 4 nitrogen and oxygen atoms in total. The Morgan fingerprint density at radius 2 is 1.56 bits per heavy atom. The average Bonchev–Trinajstić information content (AvgIpc) is 2.88. The summed E-state index contributed by atoms with van der Waals surface area (Å²) in [5.41, 5.74) is 4.70. The number of amidine groups is 2. The number of halogens is 1. The summed E-state index contributed by atoms with van der Waals surface area (Å²) in [6, 6.07) is 21.5. The van der Waals surface area contributed by atoms with Gasteiger partial charge in [-0.15, -0.1) is 0 Å². The van der Waals surface area contributed by atoms with Gasteiger partial charge in [0, 0.05) is 16.1 Å². The zero-order valence-electron chi connectivity index (χ0n) is 15.0. The molecule has 27 heavy (non-hydrogen) atoms. The van der Waals surface area contributed by atoms with Crippen LogP contribution in [0.25, 0.3) is 0 Å². The Morgan fingerprint density at radius 3 is 2.26 bits per heavy atom. The number of benzene rings is 3. The fourth-order valence-electron chi connectivity index (χ4n) is 2.82. The number of nitrogens with one attached hydrogen (secondary N) is 1. The van der Waals surface area contributed by atoms with Crippen LogP contribution in [0.4, 0.5) is 11.4 Å². The molecule has 1 N–H and O–H groups in total. The third-order valence-corrected chi connectivity index (χ3v) is 4.56. The van der Waals surface area contributed by atoms with Crippen molar-refractivity contribution in [1.82, 2.24) is 0 Å². The van der Waals surface area contributed by atoms with Crippen LogP contribution in [0, 0.1) is 6.92 Å². The molecule has 0 saturated heterocycles. The van der Waals surface area contributed by atoms with Crippen molar-refractivity contribution in [1.29, 1.82) is 0 Å². The fourth-order valence-corrected chi connectivity index (χ4v) is 3.00. The molecular formula is C22H18ClN3O. The SMILES string of the molecule is COc1ccc(C2=Nc3ccc(Cl)cc3NC(c3ccc(C)cc3)=N2)cc1. The monoisotopic (exact) mass is 375 g/mol. The first-order valence-electron chi connectivity index (χ1n) is 8.58. The number of hydrogen-bond acceptors (Lipinski definition) is 4. The highest BCUT2D eigenvalue weighted by Gasteiger charge is 2.16. The van der Waals surface area contributed by atoms with Gasteiger partial charge in [0.15, 0.2) is 5.84 Å². The second-order valence-electron chi connectivity index (χ2n) is 6.28. The number of ether oxygens (including phenoxy) is 1. The Hall–Kier alpha value is -3.11. The van der Waals surface area contributed by atoms with E-state index >= 15 is 0 Å². The lowest BCUT2D eigenvalue weighted by molar-refractivity contribution is 0.415. The third kappa shape index (κ3) is 3.71. The first kappa shape index (κ1) is 17.3. The van der Waals surface area contributed by atoms with Gasteiger partial charge in [0.2, 0.25) is 0 Å². The lowest BCUT2D eigenvalue weighted by Gasteiger charge is -2.10. The van der Waals surface area contributed by atoms with E-state index < -0.39 is 0 Å². The van der Waals surface area contributed by atoms with Gasteiger partial charge in [0.1, 0.15) is 11.6 Å². The third-order valence-electron chi connectivity index (χ3n) is 4.33. The first-order chi connectivity index (χ1) is 13.1. The lowest BCUT2D eigenvalue weighted by Crippen LogP contribution is -2.15. The van der Waals surface area contributed by atoms with E-state index in [9.17, 15) is 0 Å². The molecule has 5 heteroatoms. The minimum atomic E-state index is 0.627. The van der Waals surface area contributed by atoms with E-state index in [-0.39, 0.29) is 0 Å². The molecule has 0 saturated carbocycles. The van der Waals surface area contributed by atoms with E-state index in [1.165, 1.54) is 5.56 Å². The van der Waals surface area contributed by atoms with Gasteiger partial charge in [-0.1, -0.05) is 41.4 Å². The smallest absolute Gasteiger partial charge is 0.162 e. The van der Waals surface area contributed by atoms with Crippen LogP contribution in [0.3, 0.4) is 0 Å². The van der Waals surface area contributed by atoms with E-state index in [1.807, 2.05) is 54.6 Å². The number of aliphatic imine (C=N–C) groups is 2. The van der Waals surface area contributed by atoms with Crippen LogP contribution in [0.2, 0.25) is 5.02 Å². The van der Waals surface area contributed by atoms with E-state index in [0.717, 1.165) is 34.1 Å². The van der Waals surface area contributed by atoms with Gasteiger partial charge >= 0.3 is 0 Å². The standard InChI is InChI=1S/C22H18ClN3O/c1-14-3-5-15(6-4-14)22-25-20-13-17(23)9-12-19(20)24-21(26-22)16-7-10-18(27-2)11-8-16/h3-13H,1-2H3,(H,24,25,26). The number of nitrogens with zero attached hydrogens (tertiary/aromatic N) is 2. The minimum Gasteiger partial charge on any atom is -0.497 e. The lowest BCUT2D eigenvalue weighted by atomic mass is 10.1. The molecule has 3 aromatic rings. The highest BCUT2D eigenvalue weighted by molar-refractivity contribution is 6.31. The summed E-state index contributed by atoms with van der Waals surface area (Å²) in [7, 11) is 1.65. The predicted molar refractivity (Wildman–Crippen MR) is 112 cm³/mol. The van der Waals surface area contributed by atoms with Crippen LogP contribution in [0.1, 0.15) is 16.7 Å². The maximum Gasteiger partial charge on any atom is 0.162 e. The molecule has 0 atom stereocenters. The molecule has 1 aliphatic heterocycles. The molecule has 0 bridgehead atoms. The Morgan fingerprint density at radius 1 is 0.852 bits per heavy atom. The molecule has 1 aliphatic rings. The molecule has 0 amide bonds. The van der Waals surface area contributed by atoms with Crippen LogP contribution >= 0.6 is 11.6 Å². The van der Waals surface area contributed by atoms with Gasteiger partial charge in [-0.3, -0.25) is 0 Å². The molecule has 3 aromatic carbocycles. The highest BCUT2D eigenvalue weighted by atomic mass is 35.5. The maximum atomic E-state index is 6.19. The zero-order chi connectivity index (χ0) is 18.8. The molecule has 134 valence electrons. The Bertz CT molecular complexity index is 1040. The molecule has 0 aromatic heterocycles. The molecule has 0 spiro atoms. The maximum absolute atomic E-state index is 6.19. The second kappa shape index (κ2) is 7.25. The van der Waals surface area contributed by atoms with Crippen molar-refractivity contribution in [2.75, 3.05) is 12.4 Å². The van der Waals surface area contributed by atoms with E-state index in [1.54, 1.807) is 7.11 Å². The fraction of sp³-hybridized carbons (Fsp3) is 0.0909. The second-order valence-corrected chi connectivity index (χ2v) is 6.71. The molecular weight excluding hydrogens is 358 g/mol. The first-order valence-corrected chi connectivity index (χ1v) is 8.95. The summed E-state index contributed by atoms with van der Waals surface area (Å²) in [6.07, 6.45) is 0.